The fourth-order valence-corrected chi connectivity index (χ4v) is 1.73. The number of hydrogen-bond donors (Lipinski definition) is 1. The molecule has 1 amide bonds. The molecule has 0 saturated heterocycles. The zero-order valence-electron chi connectivity index (χ0n) is 11.7. The van der Waals surface area contributed by atoms with E-state index < -0.39 is 6.10 Å². The van der Waals surface area contributed by atoms with E-state index >= 15 is 0 Å². The Kier molecular flexibility index (Phi) is 4.61. The van der Waals surface area contributed by atoms with E-state index in [0.29, 0.717) is 18.0 Å². The van der Waals surface area contributed by atoms with Gasteiger partial charge >= 0.3 is 5.97 Å². The van der Waals surface area contributed by atoms with Gasteiger partial charge in [0.05, 0.1) is 18.2 Å². The minimum atomic E-state index is -0.808. The van der Waals surface area contributed by atoms with Gasteiger partial charge in [0.15, 0.2) is 6.10 Å². The van der Waals surface area contributed by atoms with Crippen LogP contribution in [0.2, 0.25) is 0 Å². The molecule has 108 valence electrons. The molecular formula is C15H19NO4. The molecule has 0 unspecified atom stereocenters. The second-order valence-corrected chi connectivity index (χ2v) is 4.77. The van der Waals surface area contributed by atoms with E-state index in [4.69, 9.17) is 9.47 Å². The first-order valence-corrected chi connectivity index (χ1v) is 6.85. The fourth-order valence-electron chi connectivity index (χ4n) is 1.73. The van der Waals surface area contributed by atoms with E-state index in [1.54, 1.807) is 25.1 Å². The summed E-state index contributed by atoms with van der Waals surface area (Å²) in [5, 5.41) is 2.72. The summed E-state index contributed by atoms with van der Waals surface area (Å²) in [7, 11) is 0. The largest absolute Gasteiger partial charge is 0.492 e. The van der Waals surface area contributed by atoms with Crippen molar-refractivity contribution in [2.24, 2.45) is 5.92 Å². The molecule has 1 atom stereocenters. The molecule has 1 N–H and O–H groups in total. The van der Waals surface area contributed by atoms with Crippen molar-refractivity contribution in [1.29, 1.82) is 0 Å². The zero-order valence-corrected chi connectivity index (χ0v) is 11.7. The fraction of sp³-hybridized carbons (Fsp3) is 0.467. The molecule has 0 aliphatic heterocycles. The monoisotopic (exact) mass is 277 g/mol. The second-order valence-electron chi connectivity index (χ2n) is 4.77. The number of esters is 1. The van der Waals surface area contributed by atoms with Crippen LogP contribution in [-0.4, -0.2) is 24.6 Å². The summed E-state index contributed by atoms with van der Waals surface area (Å²) < 4.78 is 10.5. The number of benzene rings is 1. The van der Waals surface area contributed by atoms with Crippen LogP contribution in [0.25, 0.3) is 0 Å². The Morgan fingerprint density at radius 2 is 2.05 bits per heavy atom. The number of carbonyl (C=O) groups is 2. The van der Waals surface area contributed by atoms with Gasteiger partial charge in [-0.3, -0.25) is 9.59 Å². The number of hydrogen-bond acceptors (Lipinski definition) is 4. The van der Waals surface area contributed by atoms with Crippen LogP contribution in [0.3, 0.4) is 0 Å². The van der Waals surface area contributed by atoms with Crippen LogP contribution in [0.4, 0.5) is 5.69 Å². The minimum Gasteiger partial charge on any atom is -0.492 e. The van der Waals surface area contributed by atoms with Crippen molar-refractivity contribution in [1.82, 2.24) is 0 Å². The Bertz CT molecular complexity index is 496. The molecule has 0 bridgehead atoms. The van der Waals surface area contributed by atoms with E-state index in [2.05, 4.69) is 5.32 Å². The van der Waals surface area contributed by atoms with Crippen LogP contribution < -0.4 is 10.1 Å². The summed E-state index contributed by atoms with van der Waals surface area (Å²) in [6.45, 7) is 3.96. The van der Waals surface area contributed by atoms with Crippen LogP contribution in [-0.2, 0) is 14.3 Å². The van der Waals surface area contributed by atoms with Crippen LogP contribution in [0.5, 0.6) is 5.75 Å². The lowest BCUT2D eigenvalue weighted by atomic mass is 10.2. The summed E-state index contributed by atoms with van der Waals surface area (Å²) in [5.41, 5.74) is 0.577. The van der Waals surface area contributed by atoms with E-state index in [1.165, 1.54) is 0 Å². The Morgan fingerprint density at radius 1 is 1.35 bits per heavy atom. The highest BCUT2D eigenvalue weighted by atomic mass is 16.5. The molecular weight excluding hydrogens is 258 g/mol. The molecule has 1 aromatic rings. The molecule has 5 nitrogen and oxygen atoms in total. The molecule has 0 spiro atoms. The molecule has 0 radical (unpaired) electrons. The molecule has 1 aliphatic carbocycles. The Labute approximate surface area is 118 Å². The smallest absolute Gasteiger partial charge is 0.309 e. The van der Waals surface area contributed by atoms with E-state index in [9.17, 15) is 9.59 Å². The van der Waals surface area contributed by atoms with E-state index in [1.807, 2.05) is 13.0 Å². The van der Waals surface area contributed by atoms with Crippen LogP contribution in [0.1, 0.15) is 26.7 Å². The predicted octanol–water partition coefficient (Wildman–Crippen LogP) is 2.37. The van der Waals surface area contributed by atoms with Crippen molar-refractivity contribution in [2.45, 2.75) is 32.8 Å². The highest BCUT2D eigenvalue weighted by Crippen LogP contribution is 2.30. The first-order valence-electron chi connectivity index (χ1n) is 6.85. The first-order chi connectivity index (χ1) is 9.61. The summed E-state index contributed by atoms with van der Waals surface area (Å²) in [6.07, 6.45) is 0.915. The Morgan fingerprint density at radius 3 is 2.70 bits per heavy atom. The van der Waals surface area contributed by atoms with Gasteiger partial charge in [0.2, 0.25) is 0 Å². The predicted molar refractivity (Wildman–Crippen MR) is 74.5 cm³/mol. The number of nitrogens with one attached hydrogen (secondary N) is 1. The molecule has 1 aromatic carbocycles. The van der Waals surface area contributed by atoms with Gasteiger partial charge in [0, 0.05) is 0 Å². The molecule has 1 saturated carbocycles. The van der Waals surface area contributed by atoms with Gasteiger partial charge in [-0.05, 0) is 38.8 Å². The van der Waals surface area contributed by atoms with E-state index in [-0.39, 0.29) is 17.8 Å². The third-order valence-electron chi connectivity index (χ3n) is 3.02. The second kappa shape index (κ2) is 6.41. The topological polar surface area (TPSA) is 64.6 Å². The van der Waals surface area contributed by atoms with Gasteiger partial charge in [-0.2, -0.15) is 0 Å². The number of ether oxygens (including phenoxy) is 2. The quantitative estimate of drug-likeness (QED) is 0.811. The third kappa shape index (κ3) is 3.73. The molecule has 0 heterocycles. The summed E-state index contributed by atoms with van der Waals surface area (Å²) >= 11 is 0. The van der Waals surface area contributed by atoms with Gasteiger partial charge in [0.1, 0.15) is 5.75 Å². The number of amides is 1. The van der Waals surface area contributed by atoms with Crippen molar-refractivity contribution in [3.05, 3.63) is 24.3 Å². The highest BCUT2D eigenvalue weighted by molar-refractivity contribution is 5.96. The van der Waals surface area contributed by atoms with Gasteiger partial charge in [-0.25, -0.2) is 0 Å². The average Bonchev–Trinajstić information content (AvgIpc) is 3.25. The normalized spacial score (nSPS) is 15.3. The summed E-state index contributed by atoms with van der Waals surface area (Å²) in [5.74, 6) is -0.0538. The van der Waals surface area contributed by atoms with Crippen LogP contribution in [0, 0.1) is 5.92 Å². The van der Waals surface area contributed by atoms with Gasteiger partial charge in [0.25, 0.3) is 5.91 Å². The molecule has 5 heteroatoms. The molecule has 20 heavy (non-hydrogen) atoms. The lowest BCUT2D eigenvalue weighted by Gasteiger charge is -2.15. The lowest BCUT2D eigenvalue weighted by Crippen LogP contribution is -2.30. The van der Waals surface area contributed by atoms with Gasteiger partial charge < -0.3 is 14.8 Å². The number of carbonyl (C=O) groups excluding carboxylic acids is 2. The summed E-state index contributed by atoms with van der Waals surface area (Å²) in [4.78, 5) is 23.5. The zero-order chi connectivity index (χ0) is 14.5. The van der Waals surface area contributed by atoms with Crippen molar-refractivity contribution >= 4 is 17.6 Å². The Balaban J connectivity index is 1.94. The summed E-state index contributed by atoms with van der Waals surface area (Å²) in [6, 6.07) is 7.16. The van der Waals surface area contributed by atoms with Gasteiger partial charge in [-0.1, -0.05) is 12.1 Å². The first kappa shape index (κ1) is 14.4. The highest BCUT2D eigenvalue weighted by Gasteiger charge is 2.33. The Hall–Kier alpha value is -2.04. The maximum absolute atomic E-state index is 12.0. The molecule has 1 aliphatic rings. The molecule has 1 fully saturated rings. The van der Waals surface area contributed by atoms with Crippen LogP contribution >= 0.6 is 0 Å². The number of anilines is 1. The number of para-hydroxylation sites is 2. The SMILES string of the molecule is CCOc1ccccc1NC(=O)[C@@H](C)OC(=O)C1CC1. The average molecular weight is 277 g/mol. The molecule has 2 rings (SSSR count). The molecule has 0 aromatic heterocycles. The van der Waals surface area contributed by atoms with Gasteiger partial charge in [-0.15, -0.1) is 0 Å². The van der Waals surface area contributed by atoms with Crippen LogP contribution in [0.15, 0.2) is 24.3 Å². The number of rotatable bonds is 6. The van der Waals surface area contributed by atoms with Crippen molar-refractivity contribution in [3.63, 3.8) is 0 Å². The maximum Gasteiger partial charge on any atom is 0.309 e. The minimum absolute atomic E-state index is 0.0130. The lowest BCUT2D eigenvalue weighted by molar-refractivity contribution is -0.154. The van der Waals surface area contributed by atoms with E-state index in [0.717, 1.165) is 12.8 Å². The maximum atomic E-state index is 12.0. The third-order valence-corrected chi connectivity index (χ3v) is 3.02. The van der Waals surface area contributed by atoms with Crippen molar-refractivity contribution in [3.8, 4) is 5.75 Å². The standard InChI is InChI=1S/C15H19NO4/c1-3-19-13-7-5-4-6-12(13)16-14(17)10(2)20-15(18)11-8-9-11/h4-7,10-11H,3,8-9H2,1-2H3,(H,16,17)/t10-/m1/s1. The van der Waals surface area contributed by atoms with Crippen molar-refractivity contribution < 1.29 is 19.1 Å². The van der Waals surface area contributed by atoms with Crippen molar-refractivity contribution in [2.75, 3.05) is 11.9 Å².